The number of amides is 1. The van der Waals surface area contributed by atoms with E-state index in [1.165, 1.54) is 0 Å². The Kier molecular flexibility index (Phi) is 4.26. The molecule has 1 N–H and O–H groups in total. The number of halogens is 1. The molecule has 0 aliphatic carbocycles. The molecule has 0 heterocycles. The van der Waals surface area contributed by atoms with Crippen molar-refractivity contribution in [2.24, 2.45) is 0 Å². The minimum absolute atomic E-state index is 0.0450. The minimum atomic E-state index is -0.213. The van der Waals surface area contributed by atoms with E-state index in [1.54, 1.807) is 24.3 Å². The molecule has 3 rings (SSSR count). The second-order valence-corrected chi connectivity index (χ2v) is 5.26. The van der Waals surface area contributed by atoms with Crippen LogP contribution in [-0.2, 0) is 4.79 Å². The van der Waals surface area contributed by atoms with Crippen LogP contribution in [-0.4, -0.2) is 12.5 Å². The highest BCUT2D eigenvalue weighted by Gasteiger charge is 2.06. The first-order valence-electron chi connectivity index (χ1n) is 6.88. The maximum atomic E-state index is 11.9. The van der Waals surface area contributed by atoms with E-state index in [0.29, 0.717) is 16.5 Å². The minimum Gasteiger partial charge on any atom is -0.483 e. The predicted octanol–water partition coefficient (Wildman–Crippen LogP) is 4.51. The van der Waals surface area contributed by atoms with Crippen molar-refractivity contribution in [1.82, 2.24) is 0 Å². The summed E-state index contributed by atoms with van der Waals surface area (Å²) in [5.74, 6) is 0.486. The number of anilines is 1. The smallest absolute Gasteiger partial charge is 0.262 e. The van der Waals surface area contributed by atoms with Crippen molar-refractivity contribution >= 4 is 34.0 Å². The van der Waals surface area contributed by atoms with E-state index >= 15 is 0 Å². The Bertz CT molecular complexity index is 794. The van der Waals surface area contributed by atoms with Crippen molar-refractivity contribution in [3.63, 3.8) is 0 Å². The fourth-order valence-electron chi connectivity index (χ4n) is 2.20. The summed E-state index contributed by atoms with van der Waals surface area (Å²) in [6, 6.07) is 20.6. The monoisotopic (exact) mass is 311 g/mol. The van der Waals surface area contributed by atoms with Gasteiger partial charge in [-0.15, -0.1) is 0 Å². The van der Waals surface area contributed by atoms with Gasteiger partial charge in [-0.3, -0.25) is 4.79 Å². The molecule has 0 saturated carbocycles. The molecule has 0 aromatic heterocycles. The summed E-state index contributed by atoms with van der Waals surface area (Å²) in [6.45, 7) is -0.0450. The maximum absolute atomic E-state index is 11.9. The molecule has 4 heteroatoms. The quantitative estimate of drug-likeness (QED) is 0.770. The van der Waals surface area contributed by atoms with Gasteiger partial charge < -0.3 is 10.1 Å². The molecule has 0 atom stereocenters. The van der Waals surface area contributed by atoms with Crippen LogP contribution in [0.1, 0.15) is 0 Å². The Morgan fingerprint density at radius 1 is 0.955 bits per heavy atom. The van der Waals surface area contributed by atoms with Gasteiger partial charge >= 0.3 is 0 Å². The van der Waals surface area contributed by atoms with E-state index in [4.69, 9.17) is 16.3 Å². The third kappa shape index (κ3) is 3.38. The predicted molar refractivity (Wildman–Crippen MR) is 89.5 cm³/mol. The normalized spacial score (nSPS) is 10.4. The lowest BCUT2D eigenvalue weighted by molar-refractivity contribution is -0.118. The first kappa shape index (κ1) is 14.4. The highest BCUT2D eigenvalue weighted by molar-refractivity contribution is 6.30. The second-order valence-electron chi connectivity index (χ2n) is 4.82. The fourth-order valence-corrected chi connectivity index (χ4v) is 2.32. The molecule has 0 fully saturated rings. The van der Waals surface area contributed by atoms with Crippen LogP contribution in [0.3, 0.4) is 0 Å². The van der Waals surface area contributed by atoms with Crippen LogP contribution in [0.25, 0.3) is 10.8 Å². The first-order chi connectivity index (χ1) is 10.7. The maximum Gasteiger partial charge on any atom is 0.262 e. The van der Waals surface area contributed by atoms with Crippen molar-refractivity contribution in [2.75, 3.05) is 11.9 Å². The molecule has 3 aromatic rings. The number of hydrogen-bond acceptors (Lipinski definition) is 2. The first-order valence-corrected chi connectivity index (χ1v) is 7.26. The van der Waals surface area contributed by atoms with E-state index in [1.807, 2.05) is 42.5 Å². The number of ether oxygens (including phenoxy) is 1. The van der Waals surface area contributed by atoms with Crippen LogP contribution in [0.4, 0.5) is 5.69 Å². The van der Waals surface area contributed by atoms with Gasteiger partial charge in [0.25, 0.3) is 5.91 Å². The Labute approximate surface area is 133 Å². The van der Waals surface area contributed by atoms with Crippen molar-refractivity contribution in [2.45, 2.75) is 0 Å². The zero-order chi connectivity index (χ0) is 15.4. The molecule has 0 aliphatic heterocycles. The van der Waals surface area contributed by atoms with Gasteiger partial charge in [0, 0.05) is 16.1 Å². The van der Waals surface area contributed by atoms with Crippen molar-refractivity contribution in [3.8, 4) is 5.75 Å². The van der Waals surface area contributed by atoms with Crippen molar-refractivity contribution in [3.05, 3.63) is 71.8 Å². The van der Waals surface area contributed by atoms with Crippen LogP contribution in [0.2, 0.25) is 5.02 Å². The van der Waals surface area contributed by atoms with E-state index in [-0.39, 0.29) is 12.5 Å². The third-order valence-corrected chi connectivity index (χ3v) is 3.49. The molecule has 3 aromatic carbocycles. The average Bonchev–Trinajstić information content (AvgIpc) is 2.55. The van der Waals surface area contributed by atoms with E-state index in [9.17, 15) is 4.79 Å². The molecule has 0 saturated heterocycles. The van der Waals surface area contributed by atoms with Gasteiger partial charge in [-0.05, 0) is 35.7 Å². The van der Waals surface area contributed by atoms with Crippen molar-refractivity contribution in [1.29, 1.82) is 0 Å². The summed E-state index contributed by atoms with van der Waals surface area (Å²) in [5, 5.41) is 5.47. The van der Waals surface area contributed by atoms with Crippen LogP contribution >= 0.6 is 11.6 Å². The number of nitrogens with one attached hydrogen (secondary N) is 1. The molecular formula is C18H14ClNO2. The van der Waals surface area contributed by atoms with Crippen molar-refractivity contribution < 1.29 is 9.53 Å². The largest absolute Gasteiger partial charge is 0.483 e. The topological polar surface area (TPSA) is 38.3 Å². The van der Waals surface area contributed by atoms with Gasteiger partial charge in [-0.1, -0.05) is 48.0 Å². The molecule has 1 amide bonds. The summed E-state index contributed by atoms with van der Waals surface area (Å²) in [6.07, 6.45) is 0. The molecular weight excluding hydrogens is 298 g/mol. The fraction of sp³-hybridized carbons (Fsp3) is 0.0556. The molecule has 0 spiro atoms. The summed E-state index contributed by atoms with van der Waals surface area (Å²) in [4.78, 5) is 11.9. The number of carbonyl (C=O) groups is 1. The summed E-state index contributed by atoms with van der Waals surface area (Å²) >= 11 is 5.81. The average molecular weight is 312 g/mol. The number of benzene rings is 3. The Morgan fingerprint density at radius 3 is 2.50 bits per heavy atom. The van der Waals surface area contributed by atoms with Gasteiger partial charge in [0.2, 0.25) is 0 Å². The highest BCUT2D eigenvalue weighted by Crippen LogP contribution is 2.25. The van der Waals surface area contributed by atoms with Gasteiger partial charge in [0.05, 0.1) is 0 Å². The molecule has 0 radical (unpaired) electrons. The number of carbonyl (C=O) groups excluding carboxylic acids is 1. The lowest BCUT2D eigenvalue weighted by Crippen LogP contribution is -2.20. The highest BCUT2D eigenvalue weighted by atomic mass is 35.5. The van der Waals surface area contributed by atoms with Crippen LogP contribution in [0, 0.1) is 0 Å². The number of fused-ring (bicyclic) bond motifs is 1. The zero-order valence-corrected chi connectivity index (χ0v) is 12.5. The Morgan fingerprint density at radius 2 is 1.68 bits per heavy atom. The SMILES string of the molecule is O=C(COc1cccc2ccccc12)Nc1ccc(Cl)cc1. The van der Waals surface area contributed by atoms with Crippen LogP contribution in [0.15, 0.2) is 66.7 Å². The Balaban J connectivity index is 1.66. The number of rotatable bonds is 4. The molecule has 3 nitrogen and oxygen atoms in total. The molecule has 0 unspecified atom stereocenters. The van der Waals surface area contributed by atoms with Gasteiger partial charge in [-0.25, -0.2) is 0 Å². The van der Waals surface area contributed by atoms with E-state index in [0.717, 1.165) is 10.8 Å². The summed E-state index contributed by atoms with van der Waals surface area (Å²) in [5.41, 5.74) is 0.691. The summed E-state index contributed by atoms with van der Waals surface area (Å²) < 4.78 is 5.64. The standard InChI is InChI=1S/C18H14ClNO2/c19-14-8-10-15(11-9-14)20-18(21)12-22-17-7-3-5-13-4-1-2-6-16(13)17/h1-11H,12H2,(H,20,21). The van der Waals surface area contributed by atoms with Gasteiger partial charge in [0.1, 0.15) is 5.75 Å². The molecule has 22 heavy (non-hydrogen) atoms. The molecule has 110 valence electrons. The Hall–Kier alpha value is -2.52. The van der Waals surface area contributed by atoms with Crippen LogP contribution < -0.4 is 10.1 Å². The third-order valence-electron chi connectivity index (χ3n) is 3.24. The molecule has 0 bridgehead atoms. The van der Waals surface area contributed by atoms with E-state index in [2.05, 4.69) is 5.32 Å². The summed E-state index contributed by atoms with van der Waals surface area (Å²) in [7, 11) is 0. The van der Waals surface area contributed by atoms with Crippen LogP contribution in [0.5, 0.6) is 5.75 Å². The van der Waals surface area contributed by atoms with Gasteiger partial charge in [-0.2, -0.15) is 0 Å². The lowest BCUT2D eigenvalue weighted by Gasteiger charge is -2.10. The zero-order valence-electron chi connectivity index (χ0n) is 11.8. The number of hydrogen-bond donors (Lipinski definition) is 1. The lowest BCUT2D eigenvalue weighted by atomic mass is 10.1. The van der Waals surface area contributed by atoms with E-state index < -0.39 is 0 Å². The second kappa shape index (κ2) is 6.50. The van der Waals surface area contributed by atoms with Gasteiger partial charge in [0.15, 0.2) is 6.61 Å². The molecule has 0 aliphatic rings.